The van der Waals surface area contributed by atoms with Crippen molar-refractivity contribution in [2.45, 2.75) is 6.42 Å². The summed E-state index contributed by atoms with van der Waals surface area (Å²) >= 11 is 0. The summed E-state index contributed by atoms with van der Waals surface area (Å²) in [6.07, 6.45) is 0.988. The Morgan fingerprint density at radius 2 is 0.521 bits per heavy atom. The van der Waals surface area contributed by atoms with Gasteiger partial charge in [-0.1, -0.05) is 322 Å². The van der Waals surface area contributed by atoms with Crippen molar-refractivity contribution in [2.75, 3.05) is 0 Å². The molecular formula is C109H68N6O2. The van der Waals surface area contributed by atoms with Gasteiger partial charge in [-0.25, -0.2) is 29.9 Å². The minimum Gasteiger partial charge on any atom is -0.455 e. The van der Waals surface area contributed by atoms with Crippen LogP contribution in [0.1, 0.15) is 11.1 Å². The molecule has 0 fully saturated rings. The molecule has 8 nitrogen and oxygen atoms in total. The van der Waals surface area contributed by atoms with E-state index in [0.29, 0.717) is 5.82 Å². The molecule has 0 saturated carbocycles. The topological polar surface area (TPSA) is 104 Å². The first-order valence-corrected chi connectivity index (χ1v) is 39.6. The highest BCUT2D eigenvalue weighted by atomic mass is 16.3. The van der Waals surface area contributed by atoms with E-state index >= 15 is 0 Å². The van der Waals surface area contributed by atoms with Crippen LogP contribution in [-0.2, 0) is 6.42 Å². The molecule has 0 unspecified atom stereocenters. The summed E-state index contributed by atoms with van der Waals surface area (Å²) in [7, 11) is 0. The number of para-hydroxylation sites is 5. The van der Waals surface area contributed by atoms with Crippen molar-refractivity contribution in [3.8, 4) is 112 Å². The molecule has 5 heterocycles. The Morgan fingerprint density at radius 3 is 1.02 bits per heavy atom. The smallest absolute Gasteiger partial charge is 0.160 e. The van der Waals surface area contributed by atoms with E-state index in [9.17, 15) is 0 Å². The number of benzene rings is 18. The Kier molecular flexibility index (Phi) is 16.8. The fourth-order valence-corrected chi connectivity index (χ4v) is 17.1. The van der Waals surface area contributed by atoms with Gasteiger partial charge in [0.1, 0.15) is 22.3 Å². The summed E-state index contributed by atoms with van der Waals surface area (Å²) in [6.45, 7) is 0. The summed E-state index contributed by atoms with van der Waals surface area (Å²) in [4.78, 5) is 30.2. The number of hydrogen-bond donors (Lipinski definition) is 0. The number of rotatable bonds is 9. The largest absolute Gasteiger partial charge is 0.455 e. The van der Waals surface area contributed by atoms with Crippen molar-refractivity contribution in [3.05, 3.63) is 412 Å². The van der Waals surface area contributed by atoms with Gasteiger partial charge in [-0.2, -0.15) is 0 Å². The Hall–Kier alpha value is -15.6. The van der Waals surface area contributed by atoms with Crippen LogP contribution in [0, 0.1) is 0 Å². The fourth-order valence-electron chi connectivity index (χ4n) is 17.1. The fraction of sp³-hybridized carbons (Fsp3) is 0.00917. The third-order valence-electron chi connectivity index (χ3n) is 22.9. The standard InChI is InChI=1S/C42H26N2O.C37H24N2.C30H18N2O/c1-2-9-27(10-3-1)28-17-19-29(20-18-28)30-11-8-12-33(25-30)42-43-38-15-6-4-14-37(38)40(44-42)32-22-23-34-31(26-32)21-24-36-35-13-5-7-16-39(35)45-41(34)36;1-2-8-24(9-3-1)25-14-16-26(17-15-25)37-38-35-13-7-6-12-33(35)36(39-37)29-19-20-31-28(22-29)18-21-32-30-11-5-4-10-27(30)23-34(31)32;1-2-8-19(9-3-1)30-31-26-12-6-4-11-25(26)28(32-30)21-15-16-22-20(18-21)14-17-24-23-10-5-7-13-27(23)33-29(22)24/h1-26H;1-22H,23H2;1-18H. The molecule has 5 aromatic heterocycles. The zero-order valence-electron chi connectivity index (χ0n) is 63.3. The average Bonchev–Trinajstić information content (AvgIpc) is 1.54. The van der Waals surface area contributed by atoms with Crippen LogP contribution in [0.15, 0.2) is 409 Å². The van der Waals surface area contributed by atoms with Gasteiger partial charge < -0.3 is 8.83 Å². The number of furan rings is 2. The minimum absolute atomic E-state index is 0.708. The number of nitrogens with zero attached hydrogens (tertiary/aromatic N) is 6. The first-order chi connectivity index (χ1) is 57.9. The summed E-state index contributed by atoms with van der Waals surface area (Å²) in [6, 6.07) is 140. The Morgan fingerprint density at radius 1 is 0.188 bits per heavy atom. The van der Waals surface area contributed by atoms with Crippen LogP contribution in [0.4, 0.5) is 0 Å². The molecular weight excluding hydrogens is 1430 g/mol. The van der Waals surface area contributed by atoms with Crippen LogP contribution >= 0.6 is 0 Å². The molecule has 0 spiro atoms. The van der Waals surface area contributed by atoms with Gasteiger partial charge in [-0.05, 0) is 162 Å². The highest BCUT2D eigenvalue weighted by molar-refractivity contribution is 6.17. The lowest BCUT2D eigenvalue weighted by Crippen LogP contribution is -1.95. The lowest BCUT2D eigenvalue weighted by Gasteiger charge is -2.12. The van der Waals surface area contributed by atoms with Gasteiger partial charge in [-0.3, -0.25) is 0 Å². The molecule has 1 aliphatic rings. The maximum Gasteiger partial charge on any atom is 0.160 e. The van der Waals surface area contributed by atoms with E-state index < -0.39 is 0 Å². The predicted molar refractivity (Wildman–Crippen MR) is 483 cm³/mol. The van der Waals surface area contributed by atoms with E-state index in [1.165, 1.54) is 55.3 Å². The zero-order chi connectivity index (χ0) is 77.3. The van der Waals surface area contributed by atoms with Gasteiger partial charge in [0.25, 0.3) is 0 Å². The number of aromatic nitrogens is 6. The molecule has 0 aliphatic heterocycles. The lowest BCUT2D eigenvalue weighted by atomic mass is 9.96. The third-order valence-corrected chi connectivity index (χ3v) is 22.9. The SMILES string of the molecule is c1ccc(-c2ccc(-c3cccc(-c4nc(-c5ccc6c(ccc7c8ccccc8oc67)c5)c5ccccc5n4)c3)cc2)cc1.c1ccc(-c2ccc(-c3nc(-c4ccc5c6c(ccc5c4)-c4ccccc4C6)c4ccccc4n3)cc2)cc1.c1ccc(-c2nc(-c3ccc4c(ccc5c6ccccc6oc45)c3)c3ccccc3n2)cc1. The first-order valence-electron chi connectivity index (χ1n) is 39.6. The summed E-state index contributed by atoms with van der Waals surface area (Å²) in [5.74, 6) is 2.18. The maximum atomic E-state index is 6.31. The van der Waals surface area contributed by atoms with E-state index in [1.807, 2.05) is 103 Å². The van der Waals surface area contributed by atoms with Crippen LogP contribution < -0.4 is 0 Å². The molecule has 546 valence electrons. The third kappa shape index (κ3) is 12.5. The molecule has 18 aromatic carbocycles. The van der Waals surface area contributed by atoms with E-state index in [0.717, 1.165) is 178 Å². The quantitative estimate of drug-likeness (QED) is 0.141. The second-order valence-electron chi connectivity index (χ2n) is 29.9. The molecule has 24 rings (SSSR count). The highest BCUT2D eigenvalue weighted by Crippen LogP contribution is 2.44. The molecule has 0 atom stereocenters. The molecule has 0 saturated heterocycles. The van der Waals surface area contributed by atoms with Crippen molar-refractivity contribution in [1.82, 2.24) is 29.9 Å². The molecule has 0 N–H and O–H groups in total. The molecule has 23 aromatic rings. The number of fused-ring (bicyclic) bond motifs is 18. The van der Waals surface area contributed by atoms with Crippen molar-refractivity contribution >= 4 is 109 Å². The monoisotopic (exact) mass is 1490 g/mol. The van der Waals surface area contributed by atoms with Crippen LogP contribution in [0.3, 0.4) is 0 Å². The summed E-state index contributed by atoms with van der Waals surface area (Å²) in [5, 5.41) is 14.7. The van der Waals surface area contributed by atoms with Gasteiger partial charge in [0.05, 0.1) is 33.6 Å². The summed E-state index contributed by atoms with van der Waals surface area (Å²) in [5.41, 5.74) is 28.2. The van der Waals surface area contributed by atoms with E-state index in [-0.39, 0.29) is 0 Å². The van der Waals surface area contributed by atoms with E-state index in [4.69, 9.17) is 38.7 Å². The Bertz CT molecular complexity index is 7830. The highest BCUT2D eigenvalue weighted by Gasteiger charge is 2.23. The van der Waals surface area contributed by atoms with Gasteiger partial charge >= 0.3 is 0 Å². The average molecular weight is 1490 g/mol. The van der Waals surface area contributed by atoms with Crippen LogP contribution in [0.2, 0.25) is 0 Å². The van der Waals surface area contributed by atoms with Crippen LogP contribution in [-0.4, -0.2) is 29.9 Å². The van der Waals surface area contributed by atoms with Crippen molar-refractivity contribution in [3.63, 3.8) is 0 Å². The molecule has 8 heteroatoms. The second kappa shape index (κ2) is 28.8. The summed E-state index contributed by atoms with van der Waals surface area (Å²) < 4.78 is 12.5. The molecule has 1 aliphatic carbocycles. The predicted octanol–water partition coefficient (Wildman–Crippen LogP) is 28.7. The van der Waals surface area contributed by atoms with Crippen LogP contribution in [0.5, 0.6) is 0 Å². The van der Waals surface area contributed by atoms with Crippen LogP contribution in [0.25, 0.3) is 221 Å². The van der Waals surface area contributed by atoms with Crippen molar-refractivity contribution in [1.29, 1.82) is 0 Å². The van der Waals surface area contributed by atoms with E-state index in [2.05, 4.69) is 297 Å². The zero-order valence-corrected chi connectivity index (χ0v) is 63.3. The second-order valence-corrected chi connectivity index (χ2v) is 29.9. The number of hydrogen-bond acceptors (Lipinski definition) is 8. The van der Waals surface area contributed by atoms with Crippen molar-refractivity contribution < 1.29 is 8.83 Å². The van der Waals surface area contributed by atoms with Gasteiger partial charge in [0, 0.05) is 81.9 Å². The Labute approximate surface area is 673 Å². The van der Waals surface area contributed by atoms with Crippen molar-refractivity contribution in [2.24, 2.45) is 0 Å². The maximum absolute atomic E-state index is 6.31. The van der Waals surface area contributed by atoms with Gasteiger partial charge in [-0.15, -0.1) is 0 Å². The van der Waals surface area contributed by atoms with E-state index in [1.54, 1.807) is 0 Å². The molecule has 0 amide bonds. The molecule has 0 bridgehead atoms. The normalized spacial score (nSPS) is 11.7. The molecule has 0 radical (unpaired) electrons. The minimum atomic E-state index is 0.708. The first kappa shape index (κ1) is 68.2. The van der Waals surface area contributed by atoms with Gasteiger partial charge in [0.15, 0.2) is 17.5 Å². The lowest BCUT2D eigenvalue weighted by molar-refractivity contribution is 0.672. The molecule has 117 heavy (non-hydrogen) atoms. The van der Waals surface area contributed by atoms with Gasteiger partial charge in [0.2, 0.25) is 0 Å². The Balaban J connectivity index is 0.000000107.